The van der Waals surface area contributed by atoms with Crippen LogP contribution in [0.3, 0.4) is 0 Å². The van der Waals surface area contributed by atoms with Gasteiger partial charge in [-0.3, -0.25) is 4.68 Å². The molecule has 0 fully saturated rings. The summed E-state index contributed by atoms with van der Waals surface area (Å²) in [5.74, 6) is 0. The highest BCUT2D eigenvalue weighted by Gasteiger charge is 2.19. The molecular weight excluding hydrogens is 246 g/mol. The second-order valence-electron chi connectivity index (χ2n) is 4.35. The van der Waals surface area contributed by atoms with Gasteiger partial charge in [-0.1, -0.05) is 36.7 Å². The highest BCUT2D eigenvalue weighted by molar-refractivity contribution is 6.31. The van der Waals surface area contributed by atoms with Gasteiger partial charge in [-0.05, 0) is 31.2 Å². The van der Waals surface area contributed by atoms with Crippen LogP contribution >= 0.6 is 11.6 Å². The van der Waals surface area contributed by atoms with Crippen LogP contribution in [0.5, 0.6) is 0 Å². The zero-order valence-electron chi connectivity index (χ0n) is 10.9. The molecule has 3 nitrogen and oxygen atoms in total. The molecule has 1 unspecified atom stereocenters. The fourth-order valence-corrected chi connectivity index (χ4v) is 2.43. The molecule has 0 spiro atoms. The second kappa shape index (κ2) is 5.55. The Morgan fingerprint density at radius 2 is 2.11 bits per heavy atom. The molecule has 1 heterocycles. The van der Waals surface area contributed by atoms with E-state index in [4.69, 9.17) is 11.6 Å². The summed E-state index contributed by atoms with van der Waals surface area (Å²) in [6.07, 6.45) is 0. The molecule has 2 rings (SSSR count). The minimum absolute atomic E-state index is 0.0786. The monoisotopic (exact) mass is 263 g/mol. The molecule has 1 atom stereocenters. The summed E-state index contributed by atoms with van der Waals surface area (Å²) >= 11 is 6.29. The minimum atomic E-state index is 0.0786. The summed E-state index contributed by atoms with van der Waals surface area (Å²) in [5.41, 5.74) is 3.23. The molecule has 2 aromatic rings. The third-order valence-electron chi connectivity index (χ3n) is 2.96. The van der Waals surface area contributed by atoms with E-state index in [0.29, 0.717) is 0 Å². The minimum Gasteiger partial charge on any atom is -0.305 e. The molecule has 0 amide bonds. The van der Waals surface area contributed by atoms with E-state index in [9.17, 15) is 0 Å². The Labute approximate surface area is 113 Å². The van der Waals surface area contributed by atoms with Gasteiger partial charge in [-0.2, -0.15) is 5.10 Å². The topological polar surface area (TPSA) is 29.9 Å². The average Bonchev–Trinajstić information content (AvgIpc) is 2.66. The van der Waals surface area contributed by atoms with Gasteiger partial charge in [0.1, 0.15) is 0 Å². The zero-order chi connectivity index (χ0) is 13.1. The van der Waals surface area contributed by atoms with Crippen LogP contribution in [0.15, 0.2) is 30.3 Å². The van der Waals surface area contributed by atoms with Crippen LogP contribution in [0.2, 0.25) is 5.02 Å². The summed E-state index contributed by atoms with van der Waals surface area (Å²) in [6.45, 7) is 4.96. The van der Waals surface area contributed by atoms with Crippen molar-refractivity contribution in [1.29, 1.82) is 0 Å². The SMILES string of the molecule is CCNC(c1ccccc1Cl)c1cc(C)nn1C. The fraction of sp³-hybridized carbons (Fsp3) is 0.357. The molecule has 0 aliphatic carbocycles. The average molecular weight is 264 g/mol. The molecule has 0 aliphatic heterocycles. The Morgan fingerprint density at radius 3 is 2.67 bits per heavy atom. The molecule has 96 valence electrons. The Morgan fingerprint density at radius 1 is 1.39 bits per heavy atom. The van der Waals surface area contributed by atoms with Crippen molar-refractivity contribution in [2.75, 3.05) is 6.54 Å². The van der Waals surface area contributed by atoms with Crippen molar-refractivity contribution in [3.63, 3.8) is 0 Å². The third-order valence-corrected chi connectivity index (χ3v) is 3.30. The number of hydrogen-bond donors (Lipinski definition) is 1. The molecule has 4 heteroatoms. The van der Waals surface area contributed by atoms with E-state index in [0.717, 1.165) is 28.5 Å². The van der Waals surface area contributed by atoms with Crippen molar-refractivity contribution in [1.82, 2.24) is 15.1 Å². The van der Waals surface area contributed by atoms with Crippen molar-refractivity contribution in [2.45, 2.75) is 19.9 Å². The van der Waals surface area contributed by atoms with Crippen molar-refractivity contribution >= 4 is 11.6 Å². The summed E-state index contributed by atoms with van der Waals surface area (Å²) in [7, 11) is 1.96. The van der Waals surface area contributed by atoms with Gasteiger partial charge in [0.15, 0.2) is 0 Å². The molecule has 1 N–H and O–H groups in total. The molecule has 0 aliphatic rings. The van der Waals surface area contributed by atoms with Crippen molar-refractivity contribution in [3.05, 3.63) is 52.3 Å². The van der Waals surface area contributed by atoms with Gasteiger partial charge < -0.3 is 5.32 Å². The summed E-state index contributed by atoms with van der Waals surface area (Å²) in [5, 5.41) is 8.65. The Balaban J connectivity index is 2.46. The molecule has 1 aromatic heterocycles. The maximum absolute atomic E-state index is 6.29. The number of nitrogens with zero attached hydrogens (tertiary/aromatic N) is 2. The number of halogens is 1. The maximum Gasteiger partial charge on any atom is 0.0762 e. The Kier molecular flexibility index (Phi) is 4.04. The first-order valence-electron chi connectivity index (χ1n) is 6.11. The molecule has 0 saturated heterocycles. The quantitative estimate of drug-likeness (QED) is 0.919. The molecular formula is C14H18ClN3. The first-order chi connectivity index (χ1) is 8.63. The largest absolute Gasteiger partial charge is 0.305 e. The Bertz CT molecular complexity index is 534. The Hall–Kier alpha value is -1.32. The lowest BCUT2D eigenvalue weighted by Crippen LogP contribution is -2.24. The summed E-state index contributed by atoms with van der Waals surface area (Å²) in [4.78, 5) is 0. The number of rotatable bonds is 4. The van der Waals surface area contributed by atoms with Crippen LogP contribution in [0.1, 0.15) is 29.9 Å². The molecule has 1 aromatic carbocycles. The lowest BCUT2D eigenvalue weighted by atomic mass is 10.0. The number of nitrogens with one attached hydrogen (secondary N) is 1. The van der Waals surface area contributed by atoms with E-state index in [1.165, 1.54) is 0 Å². The van der Waals surface area contributed by atoms with Crippen LogP contribution in [0.4, 0.5) is 0 Å². The van der Waals surface area contributed by atoms with Crippen LogP contribution in [0, 0.1) is 6.92 Å². The first kappa shape index (κ1) is 13.1. The van der Waals surface area contributed by atoms with Gasteiger partial charge in [-0.15, -0.1) is 0 Å². The molecule has 0 radical (unpaired) electrons. The molecule has 0 saturated carbocycles. The first-order valence-corrected chi connectivity index (χ1v) is 6.49. The van der Waals surface area contributed by atoms with Gasteiger partial charge in [-0.25, -0.2) is 0 Å². The van der Waals surface area contributed by atoms with Gasteiger partial charge in [0, 0.05) is 12.1 Å². The lowest BCUT2D eigenvalue weighted by molar-refractivity contribution is 0.572. The number of benzene rings is 1. The summed E-state index contributed by atoms with van der Waals surface area (Å²) < 4.78 is 1.91. The van der Waals surface area contributed by atoms with Gasteiger partial charge in [0.2, 0.25) is 0 Å². The smallest absolute Gasteiger partial charge is 0.0762 e. The van der Waals surface area contributed by atoms with E-state index in [2.05, 4.69) is 29.5 Å². The van der Waals surface area contributed by atoms with E-state index < -0.39 is 0 Å². The lowest BCUT2D eigenvalue weighted by Gasteiger charge is -2.19. The number of aryl methyl sites for hydroxylation is 2. The summed E-state index contributed by atoms with van der Waals surface area (Å²) in [6, 6.07) is 10.1. The van der Waals surface area contributed by atoms with E-state index in [-0.39, 0.29) is 6.04 Å². The third kappa shape index (κ3) is 2.57. The van der Waals surface area contributed by atoms with Crippen LogP contribution < -0.4 is 5.32 Å². The van der Waals surface area contributed by atoms with E-state index in [1.807, 2.05) is 36.9 Å². The van der Waals surface area contributed by atoms with Gasteiger partial charge in [0.05, 0.1) is 17.4 Å². The normalized spacial score (nSPS) is 12.7. The molecule has 0 bridgehead atoms. The van der Waals surface area contributed by atoms with Crippen molar-refractivity contribution in [3.8, 4) is 0 Å². The van der Waals surface area contributed by atoms with Gasteiger partial charge >= 0.3 is 0 Å². The zero-order valence-corrected chi connectivity index (χ0v) is 11.7. The van der Waals surface area contributed by atoms with Crippen molar-refractivity contribution < 1.29 is 0 Å². The van der Waals surface area contributed by atoms with Gasteiger partial charge in [0.25, 0.3) is 0 Å². The van der Waals surface area contributed by atoms with Crippen LogP contribution in [0.25, 0.3) is 0 Å². The predicted octanol–water partition coefficient (Wildman–Crippen LogP) is 3.08. The highest BCUT2D eigenvalue weighted by Crippen LogP contribution is 2.28. The second-order valence-corrected chi connectivity index (χ2v) is 4.75. The fourth-order valence-electron chi connectivity index (χ4n) is 2.19. The van der Waals surface area contributed by atoms with Crippen molar-refractivity contribution in [2.24, 2.45) is 7.05 Å². The highest BCUT2D eigenvalue weighted by atomic mass is 35.5. The number of hydrogen-bond acceptors (Lipinski definition) is 2. The van der Waals surface area contributed by atoms with Crippen LogP contribution in [-0.2, 0) is 7.05 Å². The van der Waals surface area contributed by atoms with E-state index in [1.54, 1.807) is 0 Å². The van der Waals surface area contributed by atoms with E-state index >= 15 is 0 Å². The maximum atomic E-state index is 6.29. The van der Waals surface area contributed by atoms with Crippen LogP contribution in [-0.4, -0.2) is 16.3 Å². The number of aromatic nitrogens is 2. The predicted molar refractivity (Wildman–Crippen MR) is 74.9 cm³/mol. The standard InChI is InChI=1S/C14H18ClN3/c1-4-16-14(11-7-5-6-8-12(11)15)13-9-10(2)17-18(13)3/h5-9,14,16H,4H2,1-3H3. The molecule has 18 heavy (non-hydrogen) atoms.